The fraction of sp³-hybridized carbons (Fsp3) is 0.316. The summed E-state index contributed by atoms with van der Waals surface area (Å²) in [5.74, 6) is 0. The molecule has 2 aromatic rings. The number of hydrogen-bond acceptors (Lipinski definition) is 4. The minimum Gasteiger partial charge on any atom is -0.328 e. The molecule has 0 atom stereocenters. The SMILES string of the molecule is N#Cc1ccc(-c2ccc(S(=O)(=O)C3CCC(N)CC3)cc2)cc1. The zero-order chi connectivity index (χ0) is 17.2. The molecule has 1 aliphatic carbocycles. The summed E-state index contributed by atoms with van der Waals surface area (Å²) in [6.07, 6.45) is 2.82. The summed E-state index contributed by atoms with van der Waals surface area (Å²) in [5.41, 5.74) is 8.37. The molecule has 1 saturated carbocycles. The van der Waals surface area contributed by atoms with Crippen molar-refractivity contribution >= 4 is 9.84 Å². The molecule has 4 nitrogen and oxygen atoms in total. The van der Waals surface area contributed by atoms with Crippen LogP contribution in [0.4, 0.5) is 0 Å². The van der Waals surface area contributed by atoms with Crippen LogP contribution >= 0.6 is 0 Å². The minimum atomic E-state index is -3.29. The molecule has 124 valence electrons. The molecule has 0 aliphatic heterocycles. The predicted molar refractivity (Wildman–Crippen MR) is 94.0 cm³/mol. The van der Waals surface area contributed by atoms with Crippen molar-refractivity contribution < 1.29 is 8.42 Å². The Bertz CT molecular complexity index is 842. The van der Waals surface area contributed by atoms with Crippen molar-refractivity contribution in [3.8, 4) is 17.2 Å². The van der Waals surface area contributed by atoms with Crippen molar-refractivity contribution in [2.24, 2.45) is 5.73 Å². The zero-order valence-corrected chi connectivity index (χ0v) is 14.2. The standard InChI is InChI=1S/C19H20N2O2S/c20-13-14-1-3-15(4-2-14)16-5-9-18(10-6-16)24(22,23)19-11-7-17(21)8-12-19/h1-6,9-10,17,19H,7-8,11-12,21H2. The van der Waals surface area contributed by atoms with Crippen LogP contribution < -0.4 is 5.73 Å². The summed E-state index contributed by atoms with van der Waals surface area (Å²) < 4.78 is 25.5. The Labute approximate surface area is 142 Å². The molecule has 3 rings (SSSR count). The molecule has 5 heteroatoms. The lowest BCUT2D eigenvalue weighted by Crippen LogP contribution is -2.33. The van der Waals surface area contributed by atoms with Crippen molar-refractivity contribution in [2.75, 3.05) is 0 Å². The topological polar surface area (TPSA) is 84.0 Å². The third-order valence-corrected chi connectivity index (χ3v) is 6.97. The number of benzene rings is 2. The predicted octanol–water partition coefficient (Wildman–Crippen LogP) is 3.27. The Hall–Kier alpha value is -2.16. The van der Waals surface area contributed by atoms with E-state index in [0.29, 0.717) is 23.3 Å². The van der Waals surface area contributed by atoms with Gasteiger partial charge in [0.25, 0.3) is 0 Å². The van der Waals surface area contributed by atoms with Gasteiger partial charge in [-0.1, -0.05) is 24.3 Å². The lowest BCUT2D eigenvalue weighted by atomic mass is 9.96. The van der Waals surface area contributed by atoms with Gasteiger partial charge in [-0.2, -0.15) is 5.26 Å². The largest absolute Gasteiger partial charge is 0.328 e. The molecule has 0 bridgehead atoms. The third-order valence-electron chi connectivity index (χ3n) is 4.69. The Morgan fingerprint density at radius 3 is 1.88 bits per heavy atom. The van der Waals surface area contributed by atoms with Gasteiger partial charge in [0.1, 0.15) is 0 Å². The van der Waals surface area contributed by atoms with E-state index in [1.165, 1.54) is 0 Å². The first kappa shape index (κ1) is 16.7. The van der Waals surface area contributed by atoms with Crippen LogP contribution in [-0.2, 0) is 9.84 Å². The van der Waals surface area contributed by atoms with Gasteiger partial charge in [-0.3, -0.25) is 0 Å². The van der Waals surface area contributed by atoms with Crippen LogP contribution in [0.2, 0.25) is 0 Å². The fourth-order valence-electron chi connectivity index (χ4n) is 3.17. The summed E-state index contributed by atoms with van der Waals surface area (Å²) in [6.45, 7) is 0. The summed E-state index contributed by atoms with van der Waals surface area (Å²) in [7, 11) is -3.29. The van der Waals surface area contributed by atoms with Crippen LogP contribution in [0, 0.1) is 11.3 Å². The van der Waals surface area contributed by atoms with Crippen molar-refractivity contribution in [1.29, 1.82) is 5.26 Å². The van der Waals surface area contributed by atoms with Gasteiger partial charge in [0.2, 0.25) is 0 Å². The summed E-state index contributed by atoms with van der Waals surface area (Å²) in [5, 5.41) is 8.52. The quantitative estimate of drug-likeness (QED) is 0.929. The summed E-state index contributed by atoms with van der Waals surface area (Å²) in [6, 6.07) is 16.5. The van der Waals surface area contributed by atoms with Crippen LogP contribution in [0.5, 0.6) is 0 Å². The molecule has 0 radical (unpaired) electrons. The van der Waals surface area contributed by atoms with E-state index < -0.39 is 9.84 Å². The van der Waals surface area contributed by atoms with Crippen LogP contribution in [-0.4, -0.2) is 19.7 Å². The number of nitrogens with two attached hydrogens (primary N) is 1. The Kier molecular flexibility index (Phi) is 4.70. The molecule has 24 heavy (non-hydrogen) atoms. The van der Waals surface area contributed by atoms with Crippen LogP contribution in [0.1, 0.15) is 31.2 Å². The highest BCUT2D eigenvalue weighted by atomic mass is 32.2. The van der Waals surface area contributed by atoms with E-state index >= 15 is 0 Å². The maximum Gasteiger partial charge on any atom is 0.181 e. The molecule has 0 spiro atoms. The molecular weight excluding hydrogens is 320 g/mol. The molecule has 0 heterocycles. The fourth-order valence-corrected chi connectivity index (χ4v) is 4.96. The van der Waals surface area contributed by atoms with E-state index in [2.05, 4.69) is 6.07 Å². The first-order valence-corrected chi connectivity index (χ1v) is 9.65. The lowest BCUT2D eigenvalue weighted by Gasteiger charge is -2.25. The summed E-state index contributed by atoms with van der Waals surface area (Å²) >= 11 is 0. The van der Waals surface area contributed by atoms with Crippen LogP contribution in [0.3, 0.4) is 0 Å². The maximum atomic E-state index is 12.7. The van der Waals surface area contributed by atoms with Gasteiger partial charge in [0.15, 0.2) is 9.84 Å². The number of sulfone groups is 1. The number of nitriles is 1. The molecule has 0 unspecified atom stereocenters. The second-order valence-electron chi connectivity index (χ2n) is 6.30. The highest BCUT2D eigenvalue weighted by molar-refractivity contribution is 7.92. The highest BCUT2D eigenvalue weighted by Gasteiger charge is 2.30. The average Bonchev–Trinajstić information content (AvgIpc) is 2.62. The minimum absolute atomic E-state index is 0.134. The Balaban J connectivity index is 1.82. The third kappa shape index (κ3) is 3.35. The van der Waals surface area contributed by atoms with Crippen molar-refractivity contribution in [2.45, 2.75) is 41.9 Å². The van der Waals surface area contributed by atoms with Crippen molar-refractivity contribution in [3.63, 3.8) is 0 Å². The number of hydrogen-bond donors (Lipinski definition) is 1. The van der Waals surface area contributed by atoms with Gasteiger partial charge in [-0.25, -0.2) is 8.42 Å². The Morgan fingerprint density at radius 1 is 0.875 bits per heavy atom. The molecule has 2 aromatic carbocycles. The first-order valence-electron chi connectivity index (χ1n) is 8.11. The molecule has 0 saturated heterocycles. The van der Waals surface area contributed by atoms with E-state index in [-0.39, 0.29) is 11.3 Å². The van der Waals surface area contributed by atoms with Gasteiger partial charge in [-0.05, 0) is 61.1 Å². The summed E-state index contributed by atoms with van der Waals surface area (Å²) in [4.78, 5) is 0.375. The van der Waals surface area contributed by atoms with Crippen molar-refractivity contribution in [1.82, 2.24) is 0 Å². The first-order chi connectivity index (χ1) is 11.5. The van der Waals surface area contributed by atoms with Crippen molar-refractivity contribution in [3.05, 3.63) is 54.1 Å². The second-order valence-corrected chi connectivity index (χ2v) is 8.52. The van der Waals surface area contributed by atoms with Gasteiger partial charge < -0.3 is 5.73 Å². The van der Waals surface area contributed by atoms with Gasteiger partial charge in [-0.15, -0.1) is 0 Å². The van der Waals surface area contributed by atoms with E-state index in [9.17, 15) is 8.42 Å². The van der Waals surface area contributed by atoms with E-state index in [4.69, 9.17) is 11.0 Å². The van der Waals surface area contributed by atoms with E-state index in [0.717, 1.165) is 24.0 Å². The maximum absolute atomic E-state index is 12.7. The van der Waals surface area contributed by atoms with Crippen LogP contribution in [0.25, 0.3) is 11.1 Å². The zero-order valence-electron chi connectivity index (χ0n) is 13.4. The average molecular weight is 340 g/mol. The normalized spacial score (nSPS) is 21.2. The second kappa shape index (κ2) is 6.76. The van der Waals surface area contributed by atoms with Gasteiger partial charge >= 0.3 is 0 Å². The molecular formula is C19H20N2O2S. The molecule has 1 fully saturated rings. The van der Waals surface area contributed by atoms with Crippen LogP contribution in [0.15, 0.2) is 53.4 Å². The van der Waals surface area contributed by atoms with Gasteiger partial charge in [0.05, 0.1) is 21.8 Å². The van der Waals surface area contributed by atoms with E-state index in [1.807, 2.05) is 24.3 Å². The highest BCUT2D eigenvalue weighted by Crippen LogP contribution is 2.29. The Morgan fingerprint density at radius 2 is 1.38 bits per heavy atom. The number of nitrogens with zero attached hydrogens (tertiary/aromatic N) is 1. The number of rotatable bonds is 3. The molecule has 0 amide bonds. The lowest BCUT2D eigenvalue weighted by molar-refractivity contribution is 0.434. The van der Waals surface area contributed by atoms with E-state index in [1.54, 1.807) is 24.3 Å². The molecule has 0 aromatic heterocycles. The van der Waals surface area contributed by atoms with Gasteiger partial charge in [0, 0.05) is 6.04 Å². The smallest absolute Gasteiger partial charge is 0.181 e. The molecule has 2 N–H and O–H groups in total. The molecule has 1 aliphatic rings. The monoisotopic (exact) mass is 340 g/mol.